The van der Waals surface area contributed by atoms with Crippen LogP contribution in [0.1, 0.15) is 17.0 Å². The minimum absolute atomic E-state index is 0.189. The first-order valence-electron chi connectivity index (χ1n) is 8.65. The van der Waals surface area contributed by atoms with Crippen LogP contribution in [0, 0.1) is 13.8 Å². The van der Waals surface area contributed by atoms with E-state index in [-0.39, 0.29) is 5.91 Å². The molecule has 0 saturated carbocycles. The number of aromatic nitrogens is 2. The molecule has 1 aromatic heterocycles. The highest BCUT2D eigenvalue weighted by Crippen LogP contribution is 2.21. The highest BCUT2D eigenvalue weighted by molar-refractivity contribution is 5.79. The molecule has 0 aliphatic carbocycles. The van der Waals surface area contributed by atoms with Crippen LogP contribution in [0.5, 0.6) is 5.75 Å². The number of hydrogen-bond donors (Lipinski definition) is 0. The summed E-state index contributed by atoms with van der Waals surface area (Å²) in [5, 5.41) is 4.40. The normalized spacial score (nSPS) is 14.7. The SMILES string of the molecule is COc1ccc(N2CCN(C(=O)Cc3c(C)nn(C)c3C)CC2)cc1. The number of carbonyl (C=O) groups is 1. The van der Waals surface area contributed by atoms with E-state index in [4.69, 9.17) is 4.74 Å². The summed E-state index contributed by atoms with van der Waals surface area (Å²) in [5.41, 5.74) is 4.25. The van der Waals surface area contributed by atoms with E-state index >= 15 is 0 Å². The molecule has 0 radical (unpaired) electrons. The van der Waals surface area contributed by atoms with E-state index in [1.165, 1.54) is 5.69 Å². The van der Waals surface area contributed by atoms with Crippen molar-refractivity contribution in [2.75, 3.05) is 38.2 Å². The van der Waals surface area contributed by atoms with E-state index in [9.17, 15) is 4.79 Å². The van der Waals surface area contributed by atoms with Gasteiger partial charge in [0.1, 0.15) is 5.75 Å². The number of piperazine rings is 1. The average molecular weight is 342 g/mol. The minimum Gasteiger partial charge on any atom is -0.497 e. The van der Waals surface area contributed by atoms with Crippen LogP contribution < -0.4 is 9.64 Å². The Hall–Kier alpha value is -2.50. The van der Waals surface area contributed by atoms with Crippen LogP contribution in [-0.2, 0) is 18.3 Å². The van der Waals surface area contributed by atoms with Crippen LogP contribution in [0.4, 0.5) is 5.69 Å². The molecular weight excluding hydrogens is 316 g/mol. The third-order valence-electron chi connectivity index (χ3n) is 5.06. The molecule has 0 bridgehead atoms. The summed E-state index contributed by atoms with van der Waals surface area (Å²) in [7, 11) is 3.59. The van der Waals surface area contributed by atoms with E-state index in [2.05, 4.69) is 22.1 Å². The summed E-state index contributed by atoms with van der Waals surface area (Å²) >= 11 is 0. The van der Waals surface area contributed by atoms with Crippen molar-refractivity contribution in [3.8, 4) is 5.75 Å². The first-order valence-corrected chi connectivity index (χ1v) is 8.65. The molecule has 2 aromatic rings. The van der Waals surface area contributed by atoms with Gasteiger partial charge in [-0.15, -0.1) is 0 Å². The zero-order valence-corrected chi connectivity index (χ0v) is 15.5. The van der Waals surface area contributed by atoms with Crippen LogP contribution in [0.15, 0.2) is 24.3 Å². The molecule has 25 heavy (non-hydrogen) atoms. The van der Waals surface area contributed by atoms with Gasteiger partial charge in [0, 0.05) is 50.2 Å². The number of nitrogens with zero attached hydrogens (tertiary/aromatic N) is 4. The molecule has 1 fully saturated rings. The molecule has 0 N–H and O–H groups in total. The predicted molar refractivity (Wildman–Crippen MR) is 98.2 cm³/mol. The molecule has 1 saturated heterocycles. The summed E-state index contributed by atoms with van der Waals surface area (Å²) in [6, 6.07) is 8.08. The summed E-state index contributed by atoms with van der Waals surface area (Å²) < 4.78 is 7.05. The number of methoxy groups -OCH3 is 1. The quantitative estimate of drug-likeness (QED) is 0.852. The number of aryl methyl sites for hydroxylation is 2. The lowest BCUT2D eigenvalue weighted by Crippen LogP contribution is -2.49. The standard InChI is InChI=1S/C19H26N4O2/c1-14-18(15(2)21(3)20-14)13-19(24)23-11-9-22(10-12-23)16-5-7-17(25-4)8-6-16/h5-8H,9-13H2,1-4H3. The Balaban J connectivity index is 1.58. The Labute approximate surface area is 149 Å². The second kappa shape index (κ2) is 7.17. The first kappa shape index (κ1) is 17.3. The zero-order chi connectivity index (χ0) is 18.0. The van der Waals surface area contributed by atoms with Crippen LogP contribution in [0.25, 0.3) is 0 Å². The van der Waals surface area contributed by atoms with Crippen molar-refractivity contribution in [3.05, 3.63) is 41.2 Å². The van der Waals surface area contributed by atoms with Crippen LogP contribution >= 0.6 is 0 Å². The van der Waals surface area contributed by atoms with Crippen molar-refractivity contribution >= 4 is 11.6 Å². The Morgan fingerprint density at radius 3 is 2.28 bits per heavy atom. The molecule has 0 atom stereocenters. The van der Waals surface area contributed by atoms with Gasteiger partial charge in [-0.1, -0.05) is 0 Å². The van der Waals surface area contributed by atoms with Gasteiger partial charge in [-0.3, -0.25) is 9.48 Å². The van der Waals surface area contributed by atoms with Gasteiger partial charge in [0.15, 0.2) is 0 Å². The average Bonchev–Trinajstić information content (AvgIpc) is 2.88. The number of benzene rings is 1. The monoisotopic (exact) mass is 342 g/mol. The summed E-state index contributed by atoms with van der Waals surface area (Å²) in [5.74, 6) is 1.05. The van der Waals surface area contributed by atoms with Gasteiger partial charge >= 0.3 is 0 Å². The molecule has 1 aromatic carbocycles. The predicted octanol–water partition coefficient (Wildman–Crippen LogP) is 1.94. The number of anilines is 1. The van der Waals surface area contributed by atoms with Gasteiger partial charge in [0.2, 0.25) is 5.91 Å². The van der Waals surface area contributed by atoms with Gasteiger partial charge < -0.3 is 14.5 Å². The van der Waals surface area contributed by atoms with Crippen LogP contribution in [0.2, 0.25) is 0 Å². The molecule has 0 unspecified atom stereocenters. The second-order valence-corrected chi connectivity index (χ2v) is 6.52. The Kier molecular flexibility index (Phi) is 4.97. The third-order valence-corrected chi connectivity index (χ3v) is 5.06. The fraction of sp³-hybridized carbons (Fsp3) is 0.474. The Bertz CT molecular complexity index is 744. The van der Waals surface area contributed by atoms with Crippen molar-refractivity contribution in [2.24, 2.45) is 7.05 Å². The number of rotatable bonds is 4. The van der Waals surface area contributed by atoms with E-state index in [0.29, 0.717) is 6.42 Å². The second-order valence-electron chi connectivity index (χ2n) is 6.52. The molecule has 6 nitrogen and oxygen atoms in total. The van der Waals surface area contributed by atoms with Gasteiger partial charge in [-0.2, -0.15) is 5.10 Å². The maximum Gasteiger partial charge on any atom is 0.227 e. The van der Waals surface area contributed by atoms with Crippen molar-refractivity contribution in [3.63, 3.8) is 0 Å². The van der Waals surface area contributed by atoms with Crippen molar-refractivity contribution < 1.29 is 9.53 Å². The van der Waals surface area contributed by atoms with E-state index < -0.39 is 0 Å². The van der Waals surface area contributed by atoms with E-state index in [1.807, 2.05) is 42.6 Å². The maximum absolute atomic E-state index is 12.7. The summed E-state index contributed by atoms with van der Waals surface area (Å²) in [6.45, 7) is 7.19. The third kappa shape index (κ3) is 3.62. The zero-order valence-electron chi connectivity index (χ0n) is 15.5. The Morgan fingerprint density at radius 1 is 1.12 bits per heavy atom. The Morgan fingerprint density at radius 2 is 1.76 bits per heavy atom. The van der Waals surface area contributed by atoms with Gasteiger partial charge in [-0.25, -0.2) is 0 Å². The van der Waals surface area contributed by atoms with Crippen LogP contribution in [0.3, 0.4) is 0 Å². The highest BCUT2D eigenvalue weighted by Gasteiger charge is 2.23. The fourth-order valence-electron chi connectivity index (χ4n) is 3.34. The summed E-state index contributed by atoms with van der Waals surface area (Å²) in [6.07, 6.45) is 0.439. The molecule has 0 spiro atoms. The molecule has 134 valence electrons. The van der Waals surface area contributed by atoms with Crippen molar-refractivity contribution in [2.45, 2.75) is 20.3 Å². The topological polar surface area (TPSA) is 50.6 Å². The lowest BCUT2D eigenvalue weighted by molar-refractivity contribution is -0.130. The van der Waals surface area contributed by atoms with Crippen LogP contribution in [-0.4, -0.2) is 53.9 Å². The molecule has 1 amide bonds. The van der Waals surface area contributed by atoms with Crippen molar-refractivity contribution in [1.82, 2.24) is 14.7 Å². The fourth-order valence-corrected chi connectivity index (χ4v) is 3.34. The molecular formula is C19H26N4O2. The maximum atomic E-state index is 12.7. The van der Waals surface area contributed by atoms with E-state index in [0.717, 1.165) is 48.9 Å². The van der Waals surface area contributed by atoms with E-state index in [1.54, 1.807) is 7.11 Å². The molecule has 6 heteroatoms. The molecule has 3 rings (SSSR count). The molecule has 2 heterocycles. The summed E-state index contributed by atoms with van der Waals surface area (Å²) in [4.78, 5) is 16.9. The lowest BCUT2D eigenvalue weighted by atomic mass is 10.1. The largest absolute Gasteiger partial charge is 0.497 e. The number of ether oxygens (including phenoxy) is 1. The number of carbonyl (C=O) groups excluding carboxylic acids is 1. The first-order chi connectivity index (χ1) is 12.0. The van der Waals surface area contributed by atoms with Gasteiger partial charge in [-0.05, 0) is 38.1 Å². The highest BCUT2D eigenvalue weighted by atomic mass is 16.5. The molecule has 1 aliphatic rings. The van der Waals surface area contributed by atoms with Gasteiger partial charge in [0.25, 0.3) is 0 Å². The number of hydrogen-bond acceptors (Lipinski definition) is 4. The number of amides is 1. The van der Waals surface area contributed by atoms with Crippen molar-refractivity contribution in [1.29, 1.82) is 0 Å². The molecule has 1 aliphatic heterocycles. The smallest absolute Gasteiger partial charge is 0.227 e. The minimum atomic E-state index is 0.189. The van der Waals surface area contributed by atoms with Gasteiger partial charge in [0.05, 0.1) is 19.2 Å². The lowest BCUT2D eigenvalue weighted by Gasteiger charge is -2.36.